The van der Waals surface area contributed by atoms with E-state index in [-0.39, 0.29) is 0 Å². The maximum Gasteiger partial charge on any atom is 0.160 e. The average molecular weight is 307 g/mol. The SMILES string of the molecule is CCC(CC)c1nc2cc(Cl)cnc2n1C1CCNCC1. The fourth-order valence-corrected chi connectivity index (χ4v) is 3.49. The second-order valence-electron chi connectivity index (χ2n) is 5.83. The summed E-state index contributed by atoms with van der Waals surface area (Å²) in [7, 11) is 0. The Bertz CT molecular complexity index is 612. The molecule has 0 radical (unpaired) electrons. The molecule has 21 heavy (non-hydrogen) atoms. The van der Waals surface area contributed by atoms with Crippen LogP contribution in [0.2, 0.25) is 5.02 Å². The van der Waals surface area contributed by atoms with E-state index in [1.165, 1.54) is 5.82 Å². The number of halogens is 1. The van der Waals surface area contributed by atoms with Crippen LogP contribution in [0.4, 0.5) is 0 Å². The standard InChI is InChI=1S/C16H23ClN4/c1-3-11(4-2)15-20-14-9-12(17)10-19-16(14)21(15)13-5-7-18-8-6-13/h9-11,13,18H,3-8H2,1-2H3. The summed E-state index contributed by atoms with van der Waals surface area (Å²) in [4.78, 5) is 9.46. The van der Waals surface area contributed by atoms with Crippen LogP contribution in [0.25, 0.3) is 11.2 Å². The summed E-state index contributed by atoms with van der Waals surface area (Å²) >= 11 is 6.09. The van der Waals surface area contributed by atoms with Gasteiger partial charge < -0.3 is 9.88 Å². The normalized spacial score (nSPS) is 17.0. The highest BCUT2D eigenvalue weighted by Gasteiger charge is 2.25. The lowest BCUT2D eigenvalue weighted by molar-refractivity contribution is 0.357. The molecule has 114 valence electrons. The zero-order valence-corrected chi connectivity index (χ0v) is 13.5. The predicted octanol–water partition coefficient (Wildman–Crippen LogP) is 3.91. The first-order chi connectivity index (χ1) is 10.2. The molecule has 0 aromatic carbocycles. The third-order valence-electron chi connectivity index (χ3n) is 4.55. The first-order valence-electron chi connectivity index (χ1n) is 7.98. The van der Waals surface area contributed by atoms with E-state index in [9.17, 15) is 0 Å². The van der Waals surface area contributed by atoms with Crippen LogP contribution in [0.3, 0.4) is 0 Å². The van der Waals surface area contributed by atoms with Gasteiger partial charge in [0.2, 0.25) is 0 Å². The molecule has 0 atom stereocenters. The van der Waals surface area contributed by atoms with E-state index in [4.69, 9.17) is 16.6 Å². The zero-order valence-electron chi connectivity index (χ0n) is 12.8. The van der Waals surface area contributed by atoms with Crippen LogP contribution in [0.5, 0.6) is 0 Å². The number of nitrogens with zero attached hydrogens (tertiary/aromatic N) is 3. The lowest BCUT2D eigenvalue weighted by Crippen LogP contribution is -2.30. The monoisotopic (exact) mass is 306 g/mol. The first-order valence-corrected chi connectivity index (χ1v) is 8.36. The summed E-state index contributed by atoms with van der Waals surface area (Å²) in [5, 5.41) is 4.10. The summed E-state index contributed by atoms with van der Waals surface area (Å²) in [5.41, 5.74) is 1.93. The quantitative estimate of drug-likeness (QED) is 0.931. The topological polar surface area (TPSA) is 42.7 Å². The number of imidazole rings is 1. The second-order valence-corrected chi connectivity index (χ2v) is 6.27. The lowest BCUT2D eigenvalue weighted by atomic mass is 10.0. The molecule has 0 aliphatic carbocycles. The summed E-state index contributed by atoms with van der Waals surface area (Å²) in [6.45, 7) is 6.61. The smallest absolute Gasteiger partial charge is 0.160 e. The Hall–Kier alpha value is -1.13. The van der Waals surface area contributed by atoms with Crippen molar-refractivity contribution >= 4 is 22.8 Å². The lowest BCUT2D eigenvalue weighted by Gasteiger charge is -2.27. The molecule has 1 fully saturated rings. The fourth-order valence-electron chi connectivity index (χ4n) is 3.34. The van der Waals surface area contributed by atoms with E-state index >= 15 is 0 Å². The maximum atomic E-state index is 6.09. The minimum atomic E-state index is 0.493. The number of fused-ring (bicyclic) bond motifs is 1. The Kier molecular flexibility index (Phi) is 4.45. The molecule has 2 aromatic rings. The molecular formula is C16H23ClN4. The van der Waals surface area contributed by atoms with Crippen molar-refractivity contribution in [1.29, 1.82) is 0 Å². The van der Waals surface area contributed by atoms with Crippen molar-refractivity contribution in [2.75, 3.05) is 13.1 Å². The van der Waals surface area contributed by atoms with Crippen molar-refractivity contribution in [2.24, 2.45) is 0 Å². The molecule has 3 heterocycles. The van der Waals surface area contributed by atoms with Gasteiger partial charge in [-0.1, -0.05) is 25.4 Å². The highest BCUT2D eigenvalue weighted by Crippen LogP contribution is 2.32. The summed E-state index contributed by atoms with van der Waals surface area (Å²) < 4.78 is 2.39. The molecule has 0 spiro atoms. The maximum absolute atomic E-state index is 6.09. The van der Waals surface area contributed by atoms with Gasteiger partial charge in [-0.25, -0.2) is 9.97 Å². The van der Waals surface area contributed by atoms with Crippen molar-refractivity contribution < 1.29 is 0 Å². The number of nitrogens with one attached hydrogen (secondary N) is 1. The number of hydrogen-bond donors (Lipinski definition) is 1. The molecule has 2 aromatic heterocycles. The molecule has 0 unspecified atom stereocenters. The van der Waals surface area contributed by atoms with Crippen LogP contribution in [0.1, 0.15) is 57.3 Å². The van der Waals surface area contributed by atoms with Crippen LogP contribution in [-0.2, 0) is 0 Å². The third-order valence-corrected chi connectivity index (χ3v) is 4.76. The van der Waals surface area contributed by atoms with Crippen LogP contribution < -0.4 is 5.32 Å². The molecule has 1 aliphatic rings. The highest BCUT2D eigenvalue weighted by molar-refractivity contribution is 6.31. The van der Waals surface area contributed by atoms with Crippen LogP contribution in [0, 0.1) is 0 Å². The van der Waals surface area contributed by atoms with Crippen molar-refractivity contribution in [1.82, 2.24) is 19.9 Å². The van der Waals surface area contributed by atoms with Crippen molar-refractivity contribution in [3.63, 3.8) is 0 Å². The Morgan fingerprint density at radius 3 is 2.71 bits per heavy atom. The molecule has 1 saturated heterocycles. The van der Waals surface area contributed by atoms with Crippen LogP contribution in [-0.4, -0.2) is 27.6 Å². The largest absolute Gasteiger partial charge is 0.317 e. The Labute approximate surface area is 130 Å². The van der Waals surface area contributed by atoms with Crippen molar-refractivity contribution in [3.8, 4) is 0 Å². The van der Waals surface area contributed by atoms with Gasteiger partial charge in [-0.2, -0.15) is 0 Å². The van der Waals surface area contributed by atoms with Crippen LogP contribution >= 0.6 is 11.6 Å². The van der Waals surface area contributed by atoms with Gasteiger partial charge in [0.15, 0.2) is 5.65 Å². The number of rotatable bonds is 4. The molecular weight excluding hydrogens is 284 g/mol. The van der Waals surface area contributed by atoms with Gasteiger partial charge in [0.1, 0.15) is 11.3 Å². The minimum absolute atomic E-state index is 0.493. The van der Waals surface area contributed by atoms with Gasteiger partial charge >= 0.3 is 0 Å². The van der Waals surface area contributed by atoms with Crippen molar-refractivity contribution in [3.05, 3.63) is 23.1 Å². The minimum Gasteiger partial charge on any atom is -0.317 e. The van der Waals surface area contributed by atoms with Gasteiger partial charge in [-0.3, -0.25) is 0 Å². The van der Waals surface area contributed by atoms with E-state index in [0.717, 1.165) is 49.9 Å². The molecule has 5 heteroatoms. The number of hydrogen-bond acceptors (Lipinski definition) is 3. The zero-order chi connectivity index (χ0) is 14.8. The highest BCUT2D eigenvalue weighted by atomic mass is 35.5. The van der Waals surface area contributed by atoms with Gasteiger partial charge in [0.05, 0.1) is 5.02 Å². The number of piperidine rings is 1. The van der Waals surface area contributed by atoms with E-state index in [1.54, 1.807) is 6.20 Å². The summed E-state index contributed by atoms with van der Waals surface area (Å²) in [6.07, 6.45) is 6.24. The molecule has 1 aliphatic heterocycles. The molecule has 4 nitrogen and oxygen atoms in total. The first kappa shape index (κ1) is 14.8. The number of aromatic nitrogens is 3. The predicted molar refractivity (Wildman–Crippen MR) is 87.0 cm³/mol. The van der Waals surface area contributed by atoms with Gasteiger partial charge in [-0.15, -0.1) is 0 Å². The Morgan fingerprint density at radius 1 is 1.33 bits per heavy atom. The second kappa shape index (κ2) is 6.32. The van der Waals surface area contributed by atoms with E-state index in [1.807, 2.05) is 6.07 Å². The van der Waals surface area contributed by atoms with E-state index in [0.29, 0.717) is 17.0 Å². The molecule has 0 amide bonds. The van der Waals surface area contributed by atoms with Crippen molar-refractivity contribution in [2.45, 2.75) is 51.5 Å². The van der Waals surface area contributed by atoms with E-state index < -0.39 is 0 Å². The summed E-state index contributed by atoms with van der Waals surface area (Å²) in [5.74, 6) is 1.68. The molecule has 0 bridgehead atoms. The Balaban J connectivity index is 2.14. The fraction of sp³-hybridized carbons (Fsp3) is 0.625. The molecule has 0 saturated carbocycles. The molecule has 3 rings (SSSR count). The third kappa shape index (κ3) is 2.79. The van der Waals surface area contributed by atoms with E-state index in [2.05, 4.69) is 28.7 Å². The Morgan fingerprint density at radius 2 is 2.05 bits per heavy atom. The van der Waals surface area contributed by atoms with Gasteiger partial charge in [0.25, 0.3) is 0 Å². The van der Waals surface area contributed by atoms with Crippen LogP contribution in [0.15, 0.2) is 12.3 Å². The average Bonchev–Trinajstić information content (AvgIpc) is 2.87. The molecule has 1 N–H and O–H groups in total. The van der Waals surface area contributed by atoms with Gasteiger partial charge in [-0.05, 0) is 44.8 Å². The summed E-state index contributed by atoms with van der Waals surface area (Å²) in [6, 6.07) is 2.44. The van der Waals surface area contributed by atoms with Gasteiger partial charge in [0, 0.05) is 18.2 Å². The number of pyridine rings is 1.